The van der Waals surface area contributed by atoms with Crippen molar-refractivity contribution in [2.75, 3.05) is 31.2 Å². The van der Waals surface area contributed by atoms with Crippen LogP contribution in [0.1, 0.15) is 19.3 Å². The van der Waals surface area contributed by atoms with Crippen molar-refractivity contribution in [3.05, 3.63) is 29.3 Å². The predicted molar refractivity (Wildman–Crippen MR) is 96.7 cm³/mol. The lowest BCUT2D eigenvalue weighted by atomic mass is 10.0. The smallest absolute Gasteiger partial charge is 0.258 e. The summed E-state index contributed by atoms with van der Waals surface area (Å²) in [4.78, 5) is 14.4. The number of carbonyl (C=O) groups is 1. The lowest BCUT2D eigenvalue weighted by Gasteiger charge is -2.34. The summed E-state index contributed by atoms with van der Waals surface area (Å²) in [5.41, 5.74) is 0. The molecule has 2 aliphatic rings. The van der Waals surface area contributed by atoms with Gasteiger partial charge in [-0.25, -0.2) is 8.42 Å². The van der Waals surface area contributed by atoms with Crippen molar-refractivity contribution in [2.45, 2.75) is 31.3 Å². The minimum atomic E-state index is -3.12. The van der Waals surface area contributed by atoms with Crippen molar-refractivity contribution < 1.29 is 17.9 Å². The number of hydrogen-bond acceptors (Lipinski definition) is 5. The molecule has 2 atom stereocenters. The summed E-state index contributed by atoms with van der Waals surface area (Å²) in [5, 5.41) is 3.45. The Bertz CT molecular complexity index is 702. The van der Waals surface area contributed by atoms with Crippen LogP contribution in [0.25, 0.3) is 0 Å². The number of carbonyl (C=O) groups excluding carboxylic acids is 1. The number of rotatable bonds is 5. The SMILES string of the molecule is O=C(COc1ccc(Cl)cc1)NC1CS(=O)(=O)CC1N1CCCCC1. The zero-order valence-corrected chi connectivity index (χ0v) is 15.6. The number of benzene rings is 1. The molecule has 0 spiro atoms. The highest BCUT2D eigenvalue weighted by Gasteiger charge is 2.41. The Labute approximate surface area is 153 Å². The fourth-order valence-electron chi connectivity index (χ4n) is 3.50. The van der Waals surface area contributed by atoms with E-state index in [1.54, 1.807) is 24.3 Å². The van der Waals surface area contributed by atoms with E-state index in [-0.39, 0.29) is 36.1 Å². The maximum absolute atomic E-state index is 12.2. The Balaban J connectivity index is 1.57. The third-order valence-corrected chi connectivity index (χ3v) is 6.68. The average Bonchev–Trinajstić information content (AvgIpc) is 2.89. The summed E-state index contributed by atoms with van der Waals surface area (Å²) in [6.07, 6.45) is 3.34. The molecular weight excluding hydrogens is 364 g/mol. The molecule has 138 valence electrons. The van der Waals surface area contributed by atoms with Crippen molar-refractivity contribution in [1.29, 1.82) is 0 Å². The molecule has 2 heterocycles. The first kappa shape index (κ1) is 18.5. The molecule has 1 aromatic carbocycles. The van der Waals surface area contributed by atoms with Crippen LogP contribution in [0.5, 0.6) is 5.75 Å². The summed E-state index contributed by atoms with van der Waals surface area (Å²) in [6.45, 7) is 1.65. The Morgan fingerprint density at radius 3 is 2.52 bits per heavy atom. The van der Waals surface area contributed by atoms with Crippen molar-refractivity contribution >= 4 is 27.3 Å². The summed E-state index contributed by atoms with van der Waals surface area (Å²) in [6, 6.07) is 6.24. The van der Waals surface area contributed by atoms with Crippen LogP contribution < -0.4 is 10.1 Å². The number of ether oxygens (including phenoxy) is 1. The van der Waals surface area contributed by atoms with Gasteiger partial charge in [0.2, 0.25) is 0 Å². The third kappa shape index (κ3) is 5.09. The minimum absolute atomic E-state index is 0.000845. The number of halogens is 1. The molecule has 25 heavy (non-hydrogen) atoms. The van der Waals surface area contributed by atoms with Crippen LogP contribution in [0.2, 0.25) is 5.02 Å². The molecule has 1 N–H and O–H groups in total. The number of hydrogen-bond donors (Lipinski definition) is 1. The van der Waals surface area contributed by atoms with Gasteiger partial charge in [-0.3, -0.25) is 9.69 Å². The number of amides is 1. The summed E-state index contributed by atoms with van der Waals surface area (Å²) in [5.74, 6) is 0.363. The van der Waals surface area contributed by atoms with E-state index in [4.69, 9.17) is 16.3 Å². The van der Waals surface area contributed by atoms with Crippen molar-refractivity contribution in [1.82, 2.24) is 10.2 Å². The zero-order valence-electron chi connectivity index (χ0n) is 14.0. The average molecular weight is 387 g/mol. The van der Waals surface area contributed by atoms with E-state index in [1.165, 1.54) is 6.42 Å². The lowest BCUT2D eigenvalue weighted by molar-refractivity contribution is -0.124. The highest BCUT2D eigenvalue weighted by atomic mass is 35.5. The van der Waals surface area contributed by atoms with Crippen LogP contribution in [-0.2, 0) is 14.6 Å². The van der Waals surface area contributed by atoms with Gasteiger partial charge in [0.05, 0.1) is 17.5 Å². The Morgan fingerprint density at radius 1 is 1.16 bits per heavy atom. The second-order valence-corrected chi connectivity index (χ2v) is 9.25. The van der Waals surface area contributed by atoms with Gasteiger partial charge in [-0.05, 0) is 50.2 Å². The van der Waals surface area contributed by atoms with E-state index >= 15 is 0 Å². The first-order valence-electron chi connectivity index (χ1n) is 8.55. The Hall–Kier alpha value is -1.31. The first-order chi connectivity index (χ1) is 11.9. The topological polar surface area (TPSA) is 75.7 Å². The van der Waals surface area contributed by atoms with Gasteiger partial charge in [0.25, 0.3) is 5.91 Å². The fraction of sp³-hybridized carbons (Fsp3) is 0.588. The number of likely N-dealkylation sites (tertiary alicyclic amines) is 1. The van der Waals surface area contributed by atoms with Crippen LogP contribution in [0.15, 0.2) is 24.3 Å². The van der Waals surface area contributed by atoms with Gasteiger partial charge in [-0.15, -0.1) is 0 Å². The molecule has 2 fully saturated rings. The van der Waals surface area contributed by atoms with E-state index in [9.17, 15) is 13.2 Å². The Kier molecular flexibility index (Phi) is 5.86. The summed E-state index contributed by atoms with van der Waals surface area (Å²) in [7, 11) is -3.12. The molecule has 2 aliphatic heterocycles. The van der Waals surface area contributed by atoms with E-state index in [0.717, 1.165) is 25.9 Å². The maximum Gasteiger partial charge on any atom is 0.258 e. The normalized spacial score (nSPS) is 26.3. The van der Waals surface area contributed by atoms with Crippen LogP contribution in [0, 0.1) is 0 Å². The summed E-state index contributed by atoms with van der Waals surface area (Å²) < 4.78 is 29.6. The molecular formula is C17H23ClN2O4S. The minimum Gasteiger partial charge on any atom is -0.484 e. The quantitative estimate of drug-likeness (QED) is 0.829. The monoisotopic (exact) mass is 386 g/mol. The number of piperidine rings is 1. The van der Waals surface area contributed by atoms with Crippen molar-refractivity contribution in [2.24, 2.45) is 0 Å². The molecule has 0 saturated carbocycles. The van der Waals surface area contributed by atoms with Gasteiger partial charge in [-0.2, -0.15) is 0 Å². The first-order valence-corrected chi connectivity index (χ1v) is 10.8. The van der Waals surface area contributed by atoms with E-state index in [1.807, 2.05) is 0 Å². The van der Waals surface area contributed by atoms with Gasteiger partial charge in [0.1, 0.15) is 5.75 Å². The molecule has 2 unspecified atom stereocenters. The molecule has 0 radical (unpaired) electrons. The van der Waals surface area contributed by atoms with Crippen molar-refractivity contribution in [3.63, 3.8) is 0 Å². The molecule has 0 bridgehead atoms. The standard InChI is InChI=1S/C17H23ClN2O4S/c18-13-4-6-14(7-5-13)24-10-17(21)19-15-11-25(22,23)12-16(15)20-8-2-1-3-9-20/h4-7,15-16H,1-3,8-12H2,(H,19,21). The zero-order chi connectivity index (χ0) is 17.9. The van der Waals surface area contributed by atoms with Gasteiger partial charge in [0.15, 0.2) is 16.4 Å². The lowest BCUT2D eigenvalue weighted by Crippen LogP contribution is -2.53. The highest BCUT2D eigenvalue weighted by molar-refractivity contribution is 7.91. The van der Waals surface area contributed by atoms with E-state index in [2.05, 4.69) is 10.2 Å². The van der Waals surface area contributed by atoms with Crippen LogP contribution in [0.4, 0.5) is 0 Å². The molecule has 3 rings (SSSR count). The van der Waals surface area contributed by atoms with Crippen LogP contribution in [-0.4, -0.2) is 62.5 Å². The number of nitrogens with zero attached hydrogens (tertiary/aromatic N) is 1. The molecule has 6 nitrogen and oxygen atoms in total. The maximum atomic E-state index is 12.2. The van der Waals surface area contributed by atoms with E-state index < -0.39 is 9.84 Å². The van der Waals surface area contributed by atoms with Gasteiger partial charge >= 0.3 is 0 Å². The van der Waals surface area contributed by atoms with Gasteiger partial charge < -0.3 is 10.1 Å². The third-order valence-electron chi connectivity index (χ3n) is 4.71. The summed E-state index contributed by atoms with van der Waals surface area (Å²) >= 11 is 5.81. The van der Waals surface area contributed by atoms with Gasteiger partial charge in [-0.1, -0.05) is 18.0 Å². The highest BCUT2D eigenvalue weighted by Crippen LogP contribution is 2.22. The molecule has 8 heteroatoms. The molecule has 1 amide bonds. The van der Waals surface area contributed by atoms with Gasteiger partial charge in [0, 0.05) is 11.1 Å². The molecule has 0 aliphatic carbocycles. The number of nitrogens with one attached hydrogen (secondary N) is 1. The fourth-order valence-corrected chi connectivity index (χ4v) is 5.58. The second kappa shape index (κ2) is 7.93. The Morgan fingerprint density at radius 2 is 1.84 bits per heavy atom. The van der Waals surface area contributed by atoms with Crippen LogP contribution in [0.3, 0.4) is 0 Å². The van der Waals surface area contributed by atoms with Crippen LogP contribution >= 0.6 is 11.6 Å². The van der Waals surface area contributed by atoms with E-state index in [0.29, 0.717) is 10.8 Å². The largest absolute Gasteiger partial charge is 0.484 e. The van der Waals surface area contributed by atoms with Crippen molar-refractivity contribution in [3.8, 4) is 5.75 Å². The number of sulfone groups is 1. The predicted octanol–water partition coefficient (Wildman–Crippen LogP) is 1.49. The molecule has 2 saturated heterocycles. The molecule has 1 aromatic rings. The molecule has 0 aromatic heterocycles. The second-order valence-electron chi connectivity index (χ2n) is 6.66.